The number of nitrogens with two attached hydrogens (primary N) is 3. The predicted molar refractivity (Wildman–Crippen MR) is 237 cm³/mol. The summed E-state index contributed by atoms with van der Waals surface area (Å²) in [6, 6.07) is -10.9. The van der Waals surface area contributed by atoms with Gasteiger partial charge in [-0.15, -0.1) is 0 Å². The van der Waals surface area contributed by atoms with Crippen molar-refractivity contribution in [3.05, 3.63) is 0 Å². The van der Waals surface area contributed by atoms with Crippen LogP contribution in [0.15, 0.2) is 0 Å². The van der Waals surface area contributed by atoms with Gasteiger partial charge in [0.15, 0.2) is 0 Å². The van der Waals surface area contributed by atoms with Gasteiger partial charge in [0, 0.05) is 12.8 Å². The lowest BCUT2D eigenvalue weighted by molar-refractivity contribution is -0.144. The Kier molecular flexibility index (Phi) is 28.3. The molecule has 0 radical (unpaired) electrons. The van der Waals surface area contributed by atoms with Crippen LogP contribution in [0.5, 0.6) is 0 Å². The van der Waals surface area contributed by atoms with Crippen LogP contribution in [0.25, 0.3) is 0 Å². The standard InChI is InChI=1S/C41H73N11O14/c1-8-21(5)31(44)39(63)48-24(12-10-11-17-42)35(59)46-23(7)34(58)45-18-29(55)51-33(22(6)9-2)40(64)49-25(13-15-28(43)54)36(60)50-27(19-53)38(62)47-26(14-16-30(56)57)37(61)52-32(20(3)4)41(65)66/h20-27,31-33,53H,8-19,42,44H2,1-7H3,(H2,43,54)(H,45,58)(H,46,59)(H,47,62)(H,48,63)(H,49,64)(H,50,60)(H,51,55)(H,52,61)(H,56,57)(H,65,66)/t21-,22-,23-,24-,25-,26-,27-,31-,32-,33-/m0/s1. The van der Waals surface area contributed by atoms with Crippen LogP contribution in [0, 0.1) is 17.8 Å². The van der Waals surface area contributed by atoms with Crippen molar-refractivity contribution in [2.75, 3.05) is 19.7 Å². The predicted octanol–water partition coefficient (Wildman–Crippen LogP) is -4.07. The topological polar surface area (TPSA) is 423 Å². The minimum absolute atomic E-state index is 0.164. The molecule has 0 aromatic heterocycles. The van der Waals surface area contributed by atoms with Gasteiger partial charge in [0.2, 0.25) is 53.2 Å². The smallest absolute Gasteiger partial charge is 0.326 e. The van der Waals surface area contributed by atoms with Crippen molar-refractivity contribution in [1.29, 1.82) is 0 Å². The van der Waals surface area contributed by atoms with Crippen molar-refractivity contribution in [3.8, 4) is 0 Å². The number of carbonyl (C=O) groups is 11. The Bertz CT molecular complexity index is 1680. The SMILES string of the molecule is CC[C@H](C)[C@H](N)C(=O)N[C@@H](CCCCN)C(=O)N[C@@H](C)C(=O)NCC(=O)N[C@H](C(=O)N[C@@H](CCC(N)=O)C(=O)N[C@@H](CO)C(=O)N[C@@H](CCC(=O)O)C(=O)N[C@H](C(=O)O)C(C)C)[C@@H](C)CC. The van der Waals surface area contributed by atoms with Crippen molar-refractivity contribution in [1.82, 2.24) is 42.5 Å². The number of aliphatic hydroxyl groups excluding tert-OH is 1. The van der Waals surface area contributed by atoms with E-state index in [9.17, 15) is 68.1 Å². The van der Waals surface area contributed by atoms with Crippen molar-refractivity contribution < 1.29 is 68.1 Å². The van der Waals surface area contributed by atoms with Gasteiger partial charge >= 0.3 is 11.9 Å². The normalized spacial score (nSPS) is 15.6. The molecule has 0 rings (SSSR count). The number of carboxylic acid groups (broad SMARTS) is 2. The number of hydrogen-bond acceptors (Lipinski definition) is 14. The van der Waals surface area contributed by atoms with Crippen LogP contribution in [0.2, 0.25) is 0 Å². The number of unbranched alkanes of at least 4 members (excludes halogenated alkanes) is 1. The first-order chi connectivity index (χ1) is 30.8. The first kappa shape index (κ1) is 60.1. The van der Waals surface area contributed by atoms with Crippen molar-refractivity contribution in [2.45, 2.75) is 155 Å². The Labute approximate surface area is 384 Å². The second kappa shape index (κ2) is 31.1. The Morgan fingerprint density at radius 1 is 0.545 bits per heavy atom. The fraction of sp³-hybridized carbons (Fsp3) is 0.732. The average molecular weight is 944 g/mol. The lowest BCUT2D eigenvalue weighted by Crippen LogP contribution is -2.60. The number of amides is 9. The molecule has 0 aliphatic heterocycles. The molecule has 0 fully saturated rings. The van der Waals surface area contributed by atoms with Crippen molar-refractivity contribution in [2.24, 2.45) is 35.0 Å². The highest BCUT2D eigenvalue weighted by molar-refractivity contribution is 5.97. The highest BCUT2D eigenvalue weighted by Crippen LogP contribution is 2.11. The molecule has 17 N–H and O–H groups in total. The summed E-state index contributed by atoms with van der Waals surface area (Å²) in [6.07, 6.45) is 0.189. The molecule has 0 spiro atoms. The fourth-order valence-electron chi connectivity index (χ4n) is 6.03. The van der Waals surface area contributed by atoms with Crippen LogP contribution in [0.3, 0.4) is 0 Å². The molecule has 0 saturated heterocycles. The summed E-state index contributed by atoms with van der Waals surface area (Å²) in [5.74, 6) is -12.1. The van der Waals surface area contributed by atoms with Gasteiger partial charge in [-0.05, 0) is 63.3 Å². The number of carboxylic acids is 2. The molecule has 25 nitrogen and oxygen atoms in total. The van der Waals surface area contributed by atoms with Crippen molar-refractivity contribution in [3.63, 3.8) is 0 Å². The summed E-state index contributed by atoms with van der Waals surface area (Å²) in [5, 5.41) is 47.8. The molecular formula is C41H73N11O14. The minimum Gasteiger partial charge on any atom is -0.481 e. The Balaban J connectivity index is 5.99. The zero-order chi connectivity index (χ0) is 50.8. The van der Waals surface area contributed by atoms with Crippen molar-refractivity contribution >= 4 is 65.1 Å². The molecule has 0 heterocycles. The second-order valence-corrected chi connectivity index (χ2v) is 16.5. The Hall–Kier alpha value is -5.95. The molecule has 25 heteroatoms. The molecule has 66 heavy (non-hydrogen) atoms. The number of nitrogens with one attached hydrogen (secondary N) is 8. The van der Waals surface area contributed by atoms with Gasteiger partial charge in [-0.3, -0.25) is 47.9 Å². The van der Waals surface area contributed by atoms with E-state index in [-0.39, 0.29) is 12.3 Å². The number of aliphatic hydroxyl groups is 1. The molecule has 376 valence electrons. The summed E-state index contributed by atoms with van der Waals surface area (Å²) >= 11 is 0. The largest absolute Gasteiger partial charge is 0.481 e. The molecular weight excluding hydrogens is 871 g/mol. The summed E-state index contributed by atoms with van der Waals surface area (Å²) in [6.45, 7) is 9.92. The van der Waals surface area contributed by atoms with E-state index in [1.807, 2.05) is 6.92 Å². The summed E-state index contributed by atoms with van der Waals surface area (Å²) in [5.41, 5.74) is 16.9. The van der Waals surface area contributed by atoms with E-state index >= 15 is 0 Å². The highest BCUT2D eigenvalue weighted by Gasteiger charge is 2.35. The molecule has 0 saturated carbocycles. The van der Waals surface area contributed by atoms with Gasteiger partial charge in [0.05, 0.1) is 19.2 Å². The molecule has 9 amide bonds. The van der Waals surface area contributed by atoms with Gasteiger partial charge in [-0.25, -0.2) is 4.79 Å². The van der Waals surface area contributed by atoms with Crippen LogP contribution in [-0.2, 0) is 52.7 Å². The second-order valence-electron chi connectivity index (χ2n) is 16.5. The summed E-state index contributed by atoms with van der Waals surface area (Å²) in [7, 11) is 0. The maximum atomic E-state index is 13.7. The van der Waals surface area contributed by atoms with Gasteiger partial charge in [-0.1, -0.05) is 54.4 Å². The van der Waals surface area contributed by atoms with Crippen LogP contribution in [0.1, 0.15) is 106 Å². The molecule has 0 bridgehead atoms. The summed E-state index contributed by atoms with van der Waals surface area (Å²) < 4.78 is 0. The molecule has 0 aromatic rings. The number of primary amides is 1. The fourth-order valence-corrected chi connectivity index (χ4v) is 6.03. The third kappa shape index (κ3) is 22.3. The number of hydrogen-bond donors (Lipinski definition) is 14. The van der Waals surface area contributed by atoms with E-state index in [1.165, 1.54) is 20.8 Å². The van der Waals surface area contributed by atoms with Gasteiger partial charge in [-0.2, -0.15) is 0 Å². The Morgan fingerprint density at radius 3 is 1.53 bits per heavy atom. The lowest BCUT2D eigenvalue weighted by atomic mass is 9.97. The first-order valence-corrected chi connectivity index (χ1v) is 22.0. The molecule has 0 aliphatic rings. The number of aliphatic carboxylic acids is 2. The number of carbonyl (C=O) groups excluding carboxylic acids is 9. The van der Waals surface area contributed by atoms with E-state index < -0.39 is 164 Å². The van der Waals surface area contributed by atoms with Gasteiger partial charge < -0.3 is 75.1 Å². The third-order valence-corrected chi connectivity index (χ3v) is 10.8. The molecule has 10 atom stereocenters. The van der Waals surface area contributed by atoms with E-state index in [4.69, 9.17) is 17.2 Å². The molecule has 0 aliphatic carbocycles. The van der Waals surface area contributed by atoms with Gasteiger partial charge in [0.25, 0.3) is 0 Å². The maximum absolute atomic E-state index is 13.7. The van der Waals surface area contributed by atoms with Crippen LogP contribution >= 0.6 is 0 Å². The highest BCUT2D eigenvalue weighted by atomic mass is 16.4. The quantitative estimate of drug-likeness (QED) is 0.0278. The van der Waals surface area contributed by atoms with Gasteiger partial charge in [0.1, 0.15) is 42.3 Å². The van der Waals surface area contributed by atoms with Crippen LogP contribution in [-0.4, -0.2) is 148 Å². The summed E-state index contributed by atoms with van der Waals surface area (Å²) in [4.78, 5) is 140. The lowest BCUT2D eigenvalue weighted by Gasteiger charge is -2.28. The first-order valence-electron chi connectivity index (χ1n) is 22.0. The van der Waals surface area contributed by atoms with E-state index in [0.717, 1.165) is 0 Å². The Morgan fingerprint density at radius 2 is 1.03 bits per heavy atom. The minimum atomic E-state index is -1.82. The van der Waals surface area contributed by atoms with E-state index in [1.54, 1.807) is 20.8 Å². The monoisotopic (exact) mass is 944 g/mol. The zero-order valence-electron chi connectivity index (χ0n) is 38.9. The molecule has 0 aromatic carbocycles. The van der Waals surface area contributed by atoms with E-state index in [0.29, 0.717) is 32.2 Å². The number of rotatable bonds is 33. The van der Waals surface area contributed by atoms with E-state index in [2.05, 4.69) is 42.5 Å². The van der Waals surface area contributed by atoms with Crippen LogP contribution in [0.4, 0.5) is 0 Å². The van der Waals surface area contributed by atoms with Crippen LogP contribution < -0.4 is 59.7 Å². The average Bonchev–Trinajstić information content (AvgIpc) is 3.26. The zero-order valence-corrected chi connectivity index (χ0v) is 38.9. The molecule has 0 unspecified atom stereocenters. The maximum Gasteiger partial charge on any atom is 0.326 e. The third-order valence-electron chi connectivity index (χ3n) is 10.8.